The molecule has 0 aliphatic carbocycles. The maximum atomic E-state index is 13.2. The van der Waals surface area contributed by atoms with Crippen LogP contribution in [0.1, 0.15) is 10.4 Å². The van der Waals surface area contributed by atoms with Crippen LogP contribution in [0.25, 0.3) is 0 Å². The first-order valence-corrected chi connectivity index (χ1v) is 7.93. The Labute approximate surface area is 154 Å². The minimum atomic E-state index is -0.556. The highest BCUT2D eigenvalue weighted by Gasteiger charge is 2.10. The third-order valence-electron chi connectivity index (χ3n) is 3.44. The van der Waals surface area contributed by atoms with Crippen LogP contribution >= 0.6 is 11.6 Å². The summed E-state index contributed by atoms with van der Waals surface area (Å²) in [7, 11) is 1.57. The van der Waals surface area contributed by atoms with E-state index in [-0.39, 0.29) is 10.6 Å². The summed E-state index contributed by atoms with van der Waals surface area (Å²) in [4.78, 5) is 20.5. The van der Waals surface area contributed by atoms with Crippen molar-refractivity contribution in [2.24, 2.45) is 0 Å². The molecular weight excluding hydrogens is 359 g/mol. The molecule has 0 radical (unpaired) electrons. The van der Waals surface area contributed by atoms with Gasteiger partial charge in [-0.05, 0) is 30.3 Å². The first kappa shape index (κ1) is 17.6. The van der Waals surface area contributed by atoms with E-state index in [1.807, 2.05) is 18.2 Å². The molecule has 0 aliphatic rings. The van der Waals surface area contributed by atoms with Gasteiger partial charge in [0.25, 0.3) is 5.91 Å². The van der Waals surface area contributed by atoms with E-state index in [2.05, 4.69) is 20.6 Å². The summed E-state index contributed by atoms with van der Waals surface area (Å²) in [5.41, 5.74) is 1.32. The third kappa shape index (κ3) is 4.07. The number of aromatic nitrogens is 2. The predicted octanol–water partition coefficient (Wildman–Crippen LogP) is 4.27. The molecule has 0 spiro atoms. The molecule has 0 aliphatic heterocycles. The maximum absolute atomic E-state index is 13.2. The minimum Gasteiger partial charge on any atom is -0.495 e. The first-order chi connectivity index (χ1) is 12.6. The number of hydrogen-bond donors (Lipinski definition) is 2. The maximum Gasteiger partial charge on any atom is 0.258 e. The molecule has 26 heavy (non-hydrogen) atoms. The van der Waals surface area contributed by atoms with Gasteiger partial charge in [0, 0.05) is 18.1 Å². The van der Waals surface area contributed by atoms with Gasteiger partial charge in [0.05, 0.1) is 23.4 Å². The van der Waals surface area contributed by atoms with Crippen molar-refractivity contribution in [1.82, 2.24) is 9.97 Å². The quantitative estimate of drug-likeness (QED) is 0.699. The van der Waals surface area contributed by atoms with Crippen LogP contribution in [0.2, 0.25) is 5.02 Å². The number of halogens is 2. The summed E-state index contributed by atoms with van der Waals surface area (Å²) in [6.07, 6.45) is 2.76. The second-order valence-corrected chi connectivity index (χ2v) is 5.61. The van der Waals surface area contributed by atoms with Crippen molar-refractivity contribution >= 4 is 34.8 Å². The summed E-state index contributed by atoms with van der Waals surface area (Å²) in [5.74, 6) is -0.0294. The molecule has 1 aromatic heterocycles. The number of hydrogen-bond acceptors (Lipinski definition) is 5. The van der Waals surface area contributed by atoms with Gasteiger partial charge in [-0.1, -0.05) is 23.7 Å². The van der Waals surface area contributed by atoms with E-state index in [0.29, 0.717) is 23.1 Å². The van der Waals surface area contributed by atoms with Crippen LogP contribution < -0.4 is 15.4 Å². The van der Waals surface area contributed by atoms with Gasteiger partial charge in [-0.3, -0.25) is 4.79 Å². The van der Waals surface area contributed by atoms with Crippen LogP contribution in [-0.4, -0.2) is 23.0 Å². The summed E-state index contributed by atoms with van der Waals surface area (Å²) in [5, 5.41) is 5.54. The number of para-hydroxylation sites is 2. The Morgan fingerprint density at radius 3 is 2.58 bits per heavy atom. The van der Waals surface area contributed by atoms with E-state index in [0.717, 1.165) is 0 Å². The number of nitrogens with one attached hydrogen (secondary N) is 2. The van der Waals surface area contributed by atoms with Gasteiger partial charge in [0.15, 0.2) is 0 Å². The van der Waals surface area contributed by atoms with E-state index in [9.17, 15) is 9.18 Å². The molecule has 3 aromatic rings. The van der Waals surface area contributed by atoms with Crippen LogP contribution in [0.4, 0.5) is 21.7 Å². The lowest BCUT2D eigenvalue weighted by molar-refractivity contribution is 0.102. The molecule has 6 nitrogen and oxygen atoms in total. The van der Waals surface area contributed by atoms with Crippen molar-refractivity contribution < 1.29 is 13.9 Å². The number of methoxy groups -OCH3 is 1. The average Bonchev–Trinajstić information content (AvgIpc) is 2.66. The van der Waals surface area contributed by atoms with E-state index < -0.39 is 11.7 Å². The van der Waals surface area contributed by atoms with Crippen molar-refractivity contribution in [1.29, 1.82) is 0 Å². The Morgan fingerprint density at radius 2 is 1.88 bits per heavy atom. The lowest BCUT2D eigenvalue weighted by Gasteiger charge is -2.10. The van der Waals surface area contributed by atoms with Crippen molar-refractivity contribution in [3.05, 3.63) is 71.3 Å². The number of rotatable bonds is 5. The standard InChI is InChI=1S/C18H14ClFN4O2/c1-26-16-5-3-2-4-15(16)24-18-21-9-11(10-22-18)17(25)23-12-6-7-14(20)13(19)8-12/h2-10H,1H3,(H,23,25)(H,21,22,24). The monoisotopic (exact) mass is 372 g/mol. The fourth-order valence-electron chi connectivity index (χ4n) is 2.16. The van der Waals surface area contributed by atoms with Crippen LogP contribution in [0.15, 0.2) is 54.9 Å². The van der Waals surface area contributed by atoms with Gasteiger partial charge >= 0.3 is 0 Å². The summed E-state index contributed by atoms with van der Waals surface area (Å²) in [6.45, 7) is 0. The second-order valence-electron chi connectivity index (χ2n) is 5.20. The van der Waals surface area contributed by atoms with Gasteiger partial charge in [-0.2, -0.15) is 0 Å². The number of amides is 1. The Hall–Kier alpha value is -3.19. The Morgan fingerprint density at radius 1 is 1.15 bits per heavy atom. The normalized spacial score (nSPS) is 10.3. The zero-order chi connectivity index (χ0) is 18.5. The van der Waals surface area contributed by atoms with Crippen molar-refractivity contribution in [3.63, 3.8) is 0 Å². The zero-order valence-electron chi connectivity index (χ0n) is 13.7. The van der Waals surface area contributed by atoms with E-state index in [1.54, 1.807) is 13.2 Å². The molecule has 1 amide bonds. The summed E-state index contributed by atoms with van der Waals surface area (Å²) >= 11 is 5.70. The van der Waals surface area contributed by atoms with E-state index >= 15 is 0 Å². The molecule has 2 N–H and O–H groups in total. The Bertz CT molecular complexity index is 935. The molecule has 2 aromatic carbocycles. The van der Waals surface area contributed by atoms with Gasteiger partial charge in [-0.15, -0.1) is 0 Å². The third-order valence-corrected chi connectivity index (χ3v) is 3.73. The number of benzene rings is 2. The fourth-order valence-corrected chi connectivity index (χ4v) is 2.34. The minimum absolute atomic E-state index is 0.0737. The number of ether oxygens (including phenoxy) is 1. The molecule has 0 atom stereocenters. The largest absolute Gasteiger partial charge is 0.495 e. The summed E-state index contributed by atoms with van der Waals surface area (Å²) in [6, 6.07) is 11.2. The number of carbonyl (C=O) groups excluding carboxylic acids is 1. The zero-order valence-corrected chi connectivity index (χ0v) is 14.4. The number of nitrogens with zero attached hydrogens (tertiary/aromatic N) is 2. The smallest absolute Gasteiger partial charge is 0.258 e. The average molecular weight is 373 g/mol. The second kappa shape index (κ2) is 7.79. The molecule has 0 saturated heterocycles. The van der Waals surface area contributed by atoms with Gasteiger partial charge in [0.2, 0.25) is 5.95 Å². The fraction of sp³-hybridized carbons (Fsp3) is 0.0556. The molecule has 0 bridgehead atoms. The van der Waals surface area contributed by atoms with Crippen LogP contribution in [0, 0.1) is 5.82 Å². The highest BCUT2D eigenvalue weighted by atomic mass is 35.5. The van der Waals surface area contributed by atoms with Gasteiger partial charge < -0.3 is 15.4 Å². The van der Waals surface area contributed by atoms with Crippen molar-refractivity contribution in [2.45, 2.75) is 0 Å². The Kier molecular flexibility index (Phi) is 5.28. The molecule has 3 rings (SSSR count). The number of carbonyl (C=O) groups is 1. The molecule has 0 unspecified atom stereocenters. The first-order valence-electron chi connectivity index (χ1n) is 7.55. The molecule has 0 fully saturated rings. The Balaban J connectivity index is 1.70. The van der Waals surface area contributed by atoms with E-state index in [4.69, 9.17) is 16.3 Å². The predicted molar refractivity (Wildman–Crippen MR) is 97.7 cm³/mol. The lowest BCUT2D eigenvalue weighted by atomic mass is 10.2. The topological polar surface area (TPSA) is 76.1 Å². The van der Waals surface area contributed by atoms with Gasteiger partial charge in [0.1, 0.15) is 11.6 Å². The van der Waals surface area contributed by atoms with Crippen molar-refractivity contribution in [3.8, 4) is 5.75 Å². The lowest BCUT2D eigenvalue weighted by Crippen LogP contribution is -2.13. The van der Waals surface area contributed by atoms with Crippen LogP contribution in [0.3, 0.4) is 0 Å². The van der Waals surface area contributed by atoms with E-state index in [1.165, 1.54) is 30.6 Å². The molecule has 1 heterocycles. The summed E-state index contributed by atoms with van der Waals surface area (Å²) < 4.78 is 18.4. The molecular formula is C18H14ClFN4O2. The van der Waals surface area contributed by atoms with Crippen LogP contribution in [0.5, 0.6) is 5.75 Å². The van der Waals surface area contributed by atoms with Crippen molar-refractivity contribution in [2.75, 3.05) is 17.7 Å². The highest BCUT2D eigenvalue weighted by molar-refractivity contribution is 6.31. The molecule has 0 saturated carbocycles. The molecule has 132 valence electrons. The van der Waals surface area contributed by atoms with Crippen LogP contribution in [-0.2, 0) is 0 Å². The highest BCUT2D eigenvalue weighted by Crippen LogP contribution is 2.25. The number of anilines is 3. The van der Waals surface area contributed by atoms with Gasteiger partial charge in [-0.25, -0.2) is 14.4 Å². The SMILES string of the molecule is COc1ccccc1Nc1ncc(C(=O)Nc2ccc(F)c(Cl)c2)cn1. The molecule has 8 heteroatoms.